The van der Waals surface area contributed by atoms with Gasteiger partial charge in [-0.15, -0.1) is 0 Å². The molecule has 2 aromatic rings. The van der Waals surface area contributed by atoms with E-state index in [0.717, 1.165) is 24.8 Å². The number of rotatable bonds is 6. The highest BCUT2D eigenvalue weighted by Gasteiger charge is 2.15. The summed E-state index contributed by atoms with van der Waals surface area (Å²) in [5.74, 6) is -3.26. The van der Waals surface area contributed by atoms with Gasteiger partial charge in [-0.1, -0.05) is 0 Å². The molecule has 0 amide bonds. The van der Waals surface area contributed by atoms with Crippen LogP contribution in [0.5, 0.6) is 0 Å². The van der Waals surface area contributed by atoms with Gasteiger partial charge in [0.2, 0.25) is 5.39 Å². The van der Waals surface area contributed by atoms with Gasteiger partial charge in [0.25, 0.3) is 10.1 Å². The zero-order valence-electron chi connectivity index (χ0n) is 15.6. The summed E-state index contributed by atoms with van der Waals surface area (Å²) >= 11 is 0. The molecule has 0 aliphatic heterocycles. The molecule has 0 fully saturated rings. The van der Waals surface area contributed by atoms with Gasteiger partial charge in [-0.2, -0.15) is 8.42 Å². The Morgan fingerprint density at radius 2 is 1.59 bits per heavy atom. The van der Waals surface area contributed by atoms with Crippen LogP contribution in [-0.2, 0) is 10.1 Å². The summed E-state index contributed by atoms with van der Waals surface area (Å²) in [5.41, 5.74) is 0.537. The van der Waals surface area contributed by atoms with Gasteiger partial charge in [-0.25, -0.2) is 4.79 Å². The summed E-state index contributed by atoms with van der Waals surface area (Å²) in [5, 5.41) is 27.6. The van der Waals surface area contributed by atoms with Gasteiger partial charge in [0, 0.05) is 30.9 Å². The number of carbonyl (C=O) groups is 2. The Morgan fingerprint density at radius 1 is 1.07 bits per heavy atom. The van der Waals surface area contributed by atoms with E-state index in [9.17, 15) is 23.1 Å². The molecule has 0 saturated carbocycles. The quantitative estimate of drug-likeness (QED) is 0.524. The molecule has 10 nitrogen and oxygen atoms in total. The van der Waals surface area contributed by atoms with E-state index in [1.54, 1.807) is 12.1 Å². The van der Waals surface area contributed by atoms with Gasteiger partial charge in [0.1, 0.15) is 0 Å². The summed E-state index contributed by atoms with van der Waals surface area (Å²) < 4.78 is 30.1. The Bertz CT molecular complexity index is 992. The standard InChI is InChI=1S/C10H14N3.C8H6O7S/c1-3-13(4-2)10-7-5-9(12-11)6-8-10;9-7(10)4-1-5(8(11)12)3-6(2-4)16(13,14)15/h5-8H,3-4H2,1-2H3;1-3H,(H,9,10)(H,11,12)(H,13,14,15)/q+1;/p-1. The molecule has 0 spiro atoms. The van der Waals surface area contributed by atoms with E-state index in [1.807, 2.05) is 12.1 Å². The molecule has 154 valence electrons. The van der Waals surface area contributed by atoms with Crippen LogP contribution in [0.25, 0.3) is 4.98 Å². The normalized spacial score (nSPS) is 10.3. The number of hydrogen-bond acceptors (Lipinski definition) is 7. The number of carbonyl (C=O) groups excluding carboxylic acids is 1. The molecular weight excluding hydrogens is 402 g/mol. The summed E-state index contributed by atoms with van der Waals surface area (Å²) in [6.07, 6.45) is 0. The maximum absolute atomic E-state index is 10.7. The molecule has 29 heavy (non-hydrogen) atoms. The molecule has 11 heteroatoms. The van der Waals surface area contributed by atoms with Crippen LogP contribution >= 0.6 is 0 Å². The van der Waals surface area contributed by atoms with Gasteiger partial charge in [-0.05, 0) is 49.7 Å². The third-order valence-electron chi connectivity index (χ3n) is 3.78. The predicted molar refractivity (Wildman–Crippen MR) is 102 cm³/mol. The fourth-order valence-electron chi connectivity index (χ4n) is 2.31. The third-order valence-corrected chi connectivity index (χ3v) is 4.61. The average molecular weight is 421 g/mol. The summed E-state index contributed by atoms with van der Waals surface area (Å²) in [7, 11) is -4.67. The van der Waals surface area contributed by atoms with Crippen LogP contribution in [0, 0.1) is 5.39 Å². The highest BCUT2D eigenvalue weighted by atomic mass is 32.2. The first-order valence-corrected chi connectivity index (χ1v) is 9.74. The van der Waals surface area contributed by atoms with E-state index in [1.165, 1.54) is 0 Å². The van der Waals surface area contributed by atoms with E-state index in [2.05, 4.69) is 23.7 Å². The first kappa shape index (κ1) is 23.5. The van der Waals surface area contributed by atoms with Crippen molar-refractivity contribution in [3.63, 3.8) is 0 Å². The Labute approximate surface area is 167 Å². The number of aromatic carboxylic acids is 2. The van der Waals surface area contributed by atoms with Crippen molar-refractivity contribution in [1.82, 2.24) is 0 Å². The van der Waals surface area contributed by atoms with Crippen molar-refractivity contribution >= 4 is 33.4 Å². The minimum atomic E-state index is -4.67. The van der Waals surface area contributed by atoms with Crippen molar-refractivity contribution in [3.8, 4) is 0 Å². The smallest absolute Gasteiger partial charge is 0.385 e. The molecular formula is C18H19N3O7S. The van der Waals surface area contributed by atoms with Crippen LogP contribution in [0.2, 0.25) is 0 Å². The fraction of sp³-hybridized carbons (Fsp3) is 0.222. The molecule has 0 aliphatic rings. The fourth-order valence-corrected chi connectivity index (χ4v) is 2.86. The molecule has 2 rings (SSSR count). The lowest BCUT2D eigenvalue weighted by atomic mass is 10.1. The second-order valence-electron chi connectivity index (χ2n) is 5.60. The molecule has 0 saturated heterocycles. The molecule has 2 N–H and O–H groups in total. The maximum Gasteiger partial charge on any atom is 0.385 e. The average Bonchev–Trinajstić information content (AvgIpc) is 2.69. The minimum absolute atomic E-state index is 0.575. The monoisotopic (exact) mass is 421 g/mol. The van der Waals surface area contributed by atoms with E-state index >= 15 is 0 Å². The Hall–Kier alpha value is -3.49. The molecule has 2 aromatic carbocycles. The van der Waals surface area contributed by atoms with Crippen LogP contribution in [0.1, 0.15) is 34.6 Å². The van der Waals surface area contributed by atoms with Crippen molar-refractivity contribution in [2.75, 3.05) is 18.0 Å². The van der Waals surface area contributed by atoms with Crippen molar-refractivity contribution in [2.24, 2.45) is 0 Å². The van der Waals surface area contributed by atoms with Crippen molar-refractivity contribution in [2.45, 2.75) is 18.7 Å². The molecule has 0 bridgehead atoms. The molecule has 0 aliphatic carbocycles. The number of anilines is 1. The second kappa shape index (κ2) is 10.2. The highest BCUT2D eigenvalue weighted by Crippen LogP contribution is 2.19. The van der Waals surface area contributed by atoms with Crippen molar-refractivity contribution in [3.05, 3.63) is 58.6 Å². The van der Waals surface area contributed by atoms with Gasteiger partial charge in [0.15, 0.2) is 4.98 Å². The first-order valence-electron chi connectivity index (χ1n) is 8.30. The van der Waals surface area contributed by atoms with E-state index in [4.69, 9.17) is 15.1 Å². The number of nitrogens with zero attached hydrogens (tertiary/aromatic N) is 3. The van der Waals surface area contributed by atoms with Crippen LogP contribution in [0.4, 0.5) is 11.4 Å². The second-order valence-corrected chi connectivity index (χ2v) is 7.02. The lowest BCUT2D eigenvalue weighted by Gasteiger charge is -2.20. The highest BCUT2D eigenvalue weighted by molar-refractivity contribution is 7.85. The topological polar surface area (TPSA) is 163 Å². The summed E-state index contributed by atoms with van der Waals surface area (Å²) in [4.78, 5) is 25.6. The van der Waals surface area contributed by atoms with E-state index in [0.29, 0.717) is 17.8 Å². The number of carboxylic acids is 2. The molecule has 0 radical (unpaired) electrons. The van der Waals surface area contributed by atoms with Crippen LogP contribution in [0.15, 0.2) is 47.4 Å². The largest absolute Gasteiger partial charge is 0.545 e. The van der Waals surface area contributed by atoms with Gasteiger partial charge in [-0.3, -0.25) is 4.55 Å². The van der Waals surface area contributed by atoms with E-state index in [-0.39, 0.29) is 0 Å². The Balaban J connectivity index is 0.000000296. The molecule has 0 atom stereocenters. The Kier molecular flexibility index (Phi) is 8.25. The van der Waals surface area contributed by atoms with Crippen LogP contribution in [0.3, 0.4) is 0 Å². The van der Waals surface area contributed by atoms with Crippen molar-refractivity contribution in [1.29, 1.82) is 5.39 Å². The SMILES string of the molecule is CCN(CC)c1ccc([N+]#N)cc1.O=C([O-])c1cc(C(=O)O)cc(S(=O)(=O)O)c1. The van der Waals surface area contributed by atoms with Gasteiger partial charge in [0.05, 0.1) is 16.4 Å². The Morgan fingerprint density at radius 3 is 1.97 bits per heavy atom. The molecule has 0 heterocycles. The zero-order valence-corrected chi connectivity index (χ0v) is 16.5. The molecule has 0 aromatic heterocycles. The van der Waals surface area contributed by atoms with Gasteiger partial charge >= 0.3 is 11.7 Å². The first-order chi connectivity index (χ1) is 13.5. The lowest BCUT2D eigenvalue weighted by Crippen LogP contribution is -2.23. The van der Waals surface area contributed by atoms with Crippen LogP contribution in [-0.4, -0.2) is 43.1 Å². The molecule has 0 unspecified atom stereocenters. The summed E-state index contributed by atoms with van der Waals surface area (Å²) in [6.45, 7) is 6.22. The third kappa shape index (κ3) is 6.87. The van der Waals surface area contributed by atoms with Gasteiger partial charge < -0.3 is 19.9 Å². The number of carboxylic acid groups (broad SMARTS) is 2. The predicted octanol–water partition coefficient (Wildman–Crippen LogP) is 2.01. The zero-order chi connectivity index (χ0) is 22.2. The number of benzene rings is 2. The number of diazo groups is 1. The maximum atomic E-state index is 10.7. The minimum Gasteiger partial charge on any atom is -0.545 e. The van der Waals surface area contributed by atoms with E-state index < -0.39 is 38.1 Å². The van der Waals surface area contributed by atoms with Crippen LogP contribution < -0.4 is 10.0 Å². The number of hydrogen-bond donors (Lipinski definition) is 2. The van der Waals surface area contributed by atoms with Crippen molar-refractivity contribution < 1.29 is 32.8 Å². The summed E-state index contributed by atoms with van der Waals surface area (Å²) in [6, 6.07) is 9.50. The lowest BCUT2D eigenvalue weighted by molar-refractivity contribution is -0.255.